The summed E-state index contributed by atoms with van der Waals surface area (Å²) in [5.74, 6) is -0.989. The smallest absolute Gasteiger partial charge is 0.230 e. The third kappa shape index (κ3) is 4.00. The first-order valence-electron chi connectivity index (χ1n) is 6.59. The predicted molar refractivity (Wildman–Crippen MR) is 82.8 cm³/mol. The van der Waals surface area contributed by atoms with Gasteiger partial charge in [0.05, 0.1) is 16.9 Å². The Bertz CT molecular complexity index is 517. The van der Waals surface area contributed by atoms with Crippen LogP contribution < -0.4 is 11.1 Å². The van der Waals surface area contributed by atoms with Gasteiger partial charge in [0.2, 0.25) is 5.91 Å². The molecular weight excluding hydrogens is 275 g/mol. The van der Waals surface area contributed by atoms with Crippen molar-refractivity contribution < 1.29 is 9.18 Å². The first-order valence-corrected chi connectivity index (χ1v) is 7.00. The molecule has 1 aromatic carbocycles. The zero-order valence-corrected chi connectivity index (χ0v) is 13.1. The fraction of sp³-hybridized carbons (Fsp3) is 0.467. The van der Waals surface area contributed by atoms with Gasteiger partial charge in [-0.05, 0) is 37.0 Å². The second kappa shape index (κ2) is 6.79. The fourth-order valence-corrected chi connectivity index (χ4v) is 2.40. The lowest BCUT2D eigenvalue weighted by atomic mass is 9.94. The van der Waals surface area contributed by atoms with Gasteiger partial charge in [-0.2, -0.15) is 0 Å². The van der Waals surface area contributed by atoms with Crippen molar-refractivity contribution in [1.82, 2.24) is 5.32 Å². The van der Waals surface area contributed by atoms with Crippen molar-refractivity contribution in [3.8, 4) is 0 Å². The number of carbonyl (C=O) groups is 1. The van der Waals surface area contributed by atoms with Crippen molar-refractivity contribution in [2.24, 2.45) is 17.6 Å². The molecule has 3 nitrogen and oxygen atoms in total. The molecule has 1 rings (SSSR count). The monoisotopic (exact) mass is 296 g/mol. The van der Waals surface area contributed by atoms with Crippen LogP contribution in [0.5, 0.6) is 0 Å². The molecule has 0 fully saturated rings. The SMILES string of the molecule is Cc1ccc(C(C)NC(=O)C(C(N)=S)C(C)C)cc1F. The highest BCUT2D eigenvalue weighted by atomic mass is 32.1. The van der Waals surface area contributed by atoms with Gasteiger partial charge in [-0.1, -0.05) is 38.2 Å². The van der Waals surface area contributed by atoms with Gasteiger partial charge in [-0.25, -0.2) is 4.39 Å². The van der Waals surface area contributed by atoms with Crippen molar-refractivity contribution in [1.29, 1.82) is 0 Å². The number of nitrogens with one attached hydrogen (secondary N) is 1. The summed E-state index contributed by atoms with van der Waals surface area (Å²) in [4.78, 5) is 12.4. The number of carbonyl (C=O) groups excluding carboxylic acids is 1. The van der Waals surface area contributed by atoms with Crippen LogP contribution in [-0.4, -0.2) is 10.9 Å². The lowest BCUT2D eigenvalue weighted by Crippen LogP contribution is -2.41. The Kier molecular flexibility index (Phi) is 5.62. The van der Waals surface area contributed by atoms with Crippen LogP contribution in [0.15, 0.2) is 18.2 Å². The summed E-state index contributed by atoms with van der Waals surface area (Å²) < 4.78 is 13.5. The molecule has 1 amide bonds. The maximum absolute atomic E-state index is 13.5. The van der Waals surface area contributed by atoms with Crippen LogP contribution in [0.2, 0.25) is 0 Å². The number of nitrogens with two attached hydrogens (primary N) is 1. The Labute approximate surface area is 124 Å². The van der Waals surface area contributed by atoms with Gasteiger partial charge in [0, 0.05) is 0 Å². The van der Waals surface area contributed by atoms with Crippen LogP contribution in [0, 0.1) is 24.6 Å². The normalized spacial score (nSPS) is 13.9. The molecule has 0 radical (unpaired) electrons. The van der Waals surface area contributed by atoms with Crippen molar-refractivity contribution in [3.63, 3.8) is 0 Å². The van der Waals surface area contributed by atoms with Crippen LogP contribution in [0.3, 0.4) is 0 Å². The topological polar surface area (TPSA) is 55.1 Å². The predicted octanol–water partition coefficient (Wildman–Crippen LogP) is 2.87. The molecule has 20 heavy (non-hydrogen) atoms. The van der Waals surface area contributed by atoms with Gasteiger partial charge >= 0.3 is 0 Å². The molecule has 110 valence electrons. The van der Waals surface area contributed by atoms with Crippen molar-refractivity contribution in [2.45, 2.75) is 33.7 Å². The number of benzene rings is 1. The first kappa shape index (κ1) is 16.6. The standard InChI is InChI=1S/C15H21FN2OS/c1-8(2)13(14(17)20)15(19)18-10(4)11-6-5-9(3)12(16)7-11/h5-8,10,13H,1-4H3,(H2,17,20)(H,18,19). The second-order valence-corrected chi connectivity index (χ2v) is 5.83. The number of amides is 1. The van der Waals surface area contributed by atoms with Crippen molar-refractivity contribution in [3.05, 3.63) is 35.1 Å². The Morgan fingerprint density at radius 1 is 1.35 bits per heavy atom. The first-order chi connectivity index (χ1) is 9.23. The molecule has 0 saturated carbocycles. The van der Waals surface area contributed by atoms with E-state index in [0.29, 0.717) is 11.1 Å². The van der Waals surface area contributed by atoms with Crippen LogP contribution >= 0.6 is 12.2 Å². The number of hydrogen-bond acceptors (Lipinski definition) is 2. The Hall–Kier alpha value is -1.49. The lowest BCUT2D eigenvalue weighted by Gasteiger charge is -2.22. The molecule has 0 bridgehead atoms. The Morgan fingerprint density at radius 2 is 1.95 bits per heavy atom. The highest BCUT2D eigenvalue weighted by Gasteiger charge is 2.26. The van der Waals surface area contributed by atoms with Crippen LogP contribution in [0.25, 0.3) is 0 Å². The van der Waals surface area contributed by atoms with E-state index in [0.717, 1.165) is 0 Å². The summed E-state index contributed by atoms with van der Waals surface area (Å²) in [6, 6.07) is 4.63. The zero-order chi connectivity index (χ0) is 15.4. The molecule has 0 aromatic heterocycles. The molecule has 2 atom stereocenters. The maximum Gasteiger partial charge on any atom is 0.230 e. The fourth-order valence-electron chi connectivity index (χ4n) is 2.03. The van der Waals surface area contributed by atoms with Gasteiger partial charge < -0.3 is 11.1 Å². The molecule has 2 unspecified atom stereocenters. The largest absolute Gasteiger partial charge is 0.393 e. The highest BCUT2D eigenvalue weighted by Crippen LogP contribution is 2.18. The Balaban J connectivity index is 2.83. The van der Waals surface area contributed by atoms with Crippen LogP contribution in [-0.2, 0) is 4.79 Å². The molecule has 0 aliphatic heterocycles. The maximum atomic E-state index is 13.5. The molecule has 5 heteroatoms. The number of rotatable bonds is 5. The van der Waals surface area contributed by atoms with Crippen molar-refractivity contribution >= 4 is 23.1 Å². The Morgan fingerprint density at radius 3 is 2.40 bits per heavy atom. The van der Waals surface area contributed by atoms with Gasteiger partial charge in [-0.15, -0.1) is 0 Å². The van der Waals surface area contributed by atoms with E-state index in [2.05, 4.69) is 5.32 Å². The molecule has 0 spiro atoms. The summed E-state index contributed by atoms with van der Waals surface area (Å²) in [7, 11) is 0. The van der Waals surface area contributed by atoms with E-state index in [-0.39, 0.29) is 28.7 Å². The van der Waals surface area contributed by atoms with E-state index in [1.54, 1.807) is 26.0 Å². The molecular formula is C15H21FN2OS. The van der Waals surface area contributed by atoms with E-state index in [1.807, 2.05) is 13.8 Å². The van der Waals surface area contributed by atoms with E-state index < -0.39 is 5.92 Å². The third-order valence-electron chi connectivity index (χ3n) is 3.31. The number of halogens is 1. The number of thiocarbonyl (C=S) groups is 1. The molecule has 0 heterocycles. The van der Waals surface area contributed by atoms with Crippen LogP contribution in [0.1, 0.15) is 37.9 Å². The van der Waals surface area contributed by atoms with Gasteiger partial charge in [0.25, 0.3) is 0 Å². The third-order valence-corrected chi connectivity index (χ3v) is 3.56. The second-order valence-electron chi connectivity index (χ2n) is 5.36. The summed E-state index contributed by atoms with van der Waals surface area (Å²) in [5, 5.41) is 2.83. The number of hydrogen-bond donors (Lipinski definition) is 2. The van der Waals surface area contributed by atoms with Gasteiger partial charge in [0.15, 0.2) is 0 Å². The highest BCUT2D eigenvalue weighted by molar-refractivity contribution is 7.80. The molecule has 0 saturated heterocycles. The average molecular weight is 296 g/mol. The quantitative estimate of drug-likeness (QED) is 0.822. The summed E-state index contributed by atoms with van der Waals surface area (Å²) in [6.07, 6.45) is 0. The van der Waals surface area contributed by atoms with E-state index >= 15 is 0 Å². The summed E-state index contributed by atoms with van der Waals surface area (Å²) in [6.45, 7) is 7.28. The minimum atomic E-state index is -0.511. The van der Waals surface area contributed by atoms with Crippen LogP contribution in [0.4, 0.5) is 4.39 Å². The summed E-state index contributed by atoms with van der Waals surface area (Å²) >= 11 is 4.93. The minimum Gasteiger partial charge on any atom is -0.393 e. The molecule has 0 aliphatic carbocycles. The molecule has 3 N–H and O–H groups in total. The van der Waals surface area contributed by atoms with Crippen molar-refractivity contribution in [2.75, 3.05) is 0 Å². The van der Waals surface area contributed by atoms with E-state index in [9.17, 15) is 9.18 Å². The number of aryl methyl sites for hydroxylation is 1. The average Bonchev–Trinajstić information content (AvgIpc) is 2.31. The van der Waals surface area contributed by atoms with E-state index in [1.165, 1.54) is 6.07 Å². The molecule has 1 aromatic rings. The van der Waals surface area contributed by atoms with Gasteiger partial charge in [-0.3, -0.25) is 4.79 Å². The minimum absolute atomic E-state index is 0.0226. The molecule has 0 aliphatic rings. The van der Waals surface area contributed by atoms with Gasteiger partial charge in [0.1, 0.15) is 5.82 Å². The van der Waals surface area contributed by atoms with E-state index in [4.69, 9.17) is 18.0 Å². The lowest BCUT2D eigenvalue weighted by molar-refractivity contribution is -0.124. The summed E-state index contributed by atoms with van der Waals surface area (Å²) in [5.41, 5.74) is 6.90. The zero-order valence-electron chi connectivity index (χ0n) is 12.2.